The molecule has 0 bridgehead atoms. The molecular weight excluding hydrogens is 429 g/mol. The van der Waals surface area contributed by atoms with Gasteiger partial charge in [0, 0.05) is 19.7 Å². The Kier molecular flexibility index (Phi) is 3.80. The van der Waals surface area contributed by atoms with E-state index in [2.05, 4.69) is 55.8 Å². The summed E-state index contributed by atoms with van der Waals surface area (Å²) in [4.78, 5) is 0. The van der Waals surface area contributed by atoms with Crippen LogP contribution in [0, 0.1) is 3.57 Å². The van der Waals surface area contributed by atoms with Crippen molar-refractivity contribution in [2.75, 3.05) is 5.73 Å². The third-order valence-corrected chi connectivity index (χ3v) is 4.38. The smallest absolute Gasteiger partial charge is 0.127 e. The number of nitrogens with zero attached hydrogens (tertiary/aromatic N) is 2. The lowest BCUT2D eigenvalue weighted by Crippen LogP contribution is -2.01. The van der Waals surface area contributed by atoms with Crippen molar-refractivity contribution < 1.29 is 0 Å². The van der Waals surface area contributed by atoms with Gasteiger partial charge >= 0.3 is 0 Å². The highest BCUT2D eigenvalue weighted by molar-refractivity contribution is 14.1. The van der Waals surface area contributed by atoms with Crippen molar-refractivity contribution in [3.05, 3.63) is 62.6 Å². The third kappa shape index (κ3) is 2.60. The molecule has 3 aromatic rings. The summed E-state index contributed by atoms with van der Waals surface area (Å²) in [5.74, 6) is 0.627. The number of nitrogens with two attached hydrogens (primary N) is 1. The van der Waals surface area contributed by atoms with Crippen LogP contribution in [0.5, 0.6) is 0 Å². The number of nitrogen functional groups attached to an aromatic ring is 1. The Balaban J connectivity index is 2.11. The van der Waals surface area contributed by atoms with Gasteiger partial charge < -0.3 is 5.73 Å². The monoisotopic (exact) mass is 439 g/mol. The average Bonchev–Trinajstić information content (AvgIpc) is 2.84. The van der Waals surface area contributed by atoms with Crippen LogP contribution in [0.25, 0.3) is 16.9 Å². The molecule has 0 atom stereocenters. The molecule has 0 aliphatic rings. The van der Waals surface area contributed by atoms with Crippen molar-refractivity contribution >= 4 is 44.3 Å². The molecule has 20 heavy (non-hydrogen) atoms. The fourth-order valence-corrected chi connectivity index (χ4v) is 2.97. The van der Waals surface area contributed by atoms with Crippen LogP contribution in [-0.4, -0.2) is 9.78 Å². The van der Waals surface area contributed by atoms with Gasteiger partial charge in [-0.05, 0) is 52.9 Å². The maximum absolute atomic E-state index is 6.09. The van der Waals surface area contributed by atoms with Gasteiger partial charge in [0.1, 0.15) is 5.82 Å². The van der Waals surface area contributed by atoms with Crippen molar-refractivity contribution in [2.45, 2.75) is 0 Å². The van der Waals surface area contributed by atoms with Gasteiger partial charge in [-0.1, -0.05) is 34.1 Å². The van der Waals surface area contributed by atoms with Crippen LogP contribution in [0.4, 0.5) is 5.82 Å². The Hall–Kier alpha value is -1.34. The van der Waals surface area contributed by atoms with E-state index in [1.807, 2.05) is 42.5 Å². The SMILES string of the molecule is Nc1cc(-c2cc(Br)ccc2I)nn1-c1ccccc1. The number of aromatic nitrogens is 2. The van der Waals surface area contributed by atoms with Gasteiger partial charge in [-0.2, -0.15) is 5.10 Å². The summed E-state index contributed by atoms with van der Waals surface area (Å²) in [6, 6.07) is 17.9. The lowest BCUT2D eigenvalue weighted by Gasteiger charge is -2.03. The predicted molar refractivity (Wildman–Crippen MR) is 93.8 cm³/mol. The normalized spacial score (nSPS) is 10.7. The average molecular weight is 440 g/mol. The second-order valence-corrected chi connectivity index (χ2v) is 6.40. The summed E-state index contributed by atoms with van der Waals surface area (Å²) >= 11 is 5.80. The Morgan fingerprint density at radius 2 is 1.80 bits per heavy atom. The van der Waals surface area contributed by atoms with Crippen molar-refractivity contribution in [1.29, 1.82) is 0 Å². The van der Waals surface area contributed by atoms with Gasteiger partial charge in [0.05, 0.1) is 11.4 Å². The Morgan fingerprint density at radius 1 is 1.05 bits per heavy atom. The highest BCUT2D eigenvalue weighted by atomic mass is 127. The third-order valence-electron chi connectivity index (χ3n) is 2.94. The van der Waals surface area contributed by atoms with Crippen molar-refractivity contribution in [3.63, 3.8) is 0 Å². The number of hydrogen-bond donors (Lipinski definition) is 1. The first-order valence-electron chi connectivity index (χ1n) is 6.01. The maximum atomic E-state index is 6.09. The minimum atomic E-state index is 0.627. The van der Waals surface area contributed by atoms with E-state index in [0.29, 0.717) is 5.82 Å². The quantitative estimate of drug-likeness (QED) is 0.598. The van der Waals surface area contributed by atoms with E-state index in [4.69, 9.17) is 5.73 Å². The minimum Gasteiger partial charge on any atom is -0.384 e. The molecule has 5 heteroatoms. The molecular formula is C15H11BrIN3. The summed E-state index contributed by atoms with van der Waals surface area (Å²) in [5.41, 5.74) is 8.99. The standard InChI is InChI=1S/C15H11BrIN3/c16-10-6-7-13(17)12(8-10)14-9-15(18)20(19-14)11-4-2-1-3-5-11/h1-9H,18H2. The second-order valence-electron chi connectivity index (χ2n) is 4.33. The van der Waals surface area contributed by atoms with E-state index in [-0.39, 0.29) is 0 Å². The van der Waals surface area contributed by atoms with Gasteiger partial charge in [0.15, 0.2) is 0 Å². The molecule has 0 spiro atoms. The van der Waals surface area contributed by atoms with Gasteiger partial charge in [-0.15, -0.1) is 0 Å². The van der Waals surface area contributed by atoms with Crippen LogP contribution in [0.15, 0.2) is 59.1 Å². The summed E-state index contributed by atoms with van der Waals surface area (Å²) < 4.78 is 3.93. The van der Waals surface area contributed by atoms with Gasteiger partial charge in [0.2, 0.25) is 0 Å². The largest absolute Gasteiger partial charge is 0.384 e. The van der Waals surface area contributed by atoms with Crippen molar-refractivity contribution in [2.24, 2.45) is 0 Å². The molecule has 0 saturated carbocycles. The number of benzene rings is 2. The lowest BCUT2D eigenvalue weighted by atomic mass is 10.1. The first-order chi connectivity index (χ1) is 9.65. The summed E-state index contributed by atoms with van der Waals surface area (Å²) in [6.45, 7) is 0. The lowest BCUT2D eigenvalue weighted by molar-refractivity contribution is 0.895. The van der Waals surface area contributed by atoms with Crippen LogP contribution in [0.3, 0.4) is 0 Å². The highest BCUT2D eigenvalue weighted by Gasteiger charge is 2.11. The molecule has 0 unspecified atom stereocenters. The van der Waals surface area contributed by atoms with Crippen LogP contribution < -0.4 is 5.73 Å². The number of halogens is 2. The molecule has 0 amide bonds. The molecule has 0 fully saturated rings. The summed E-state index contributed by atoms with van der Waals surface area (Å²) in [6.07, 6.45) is 0. The van der Waals surface area contributed by atoms with E-state index in [1.54, 1.807) is 4.68 Å². The molecule has 1 heterocycles. The number of para-hydroxylation sites is 1. The topological polar surface area (TPSA) is 43.8 Å². The number of rotatable bonds is 2. The van der Waals surface area contributed by atoms with E-state index < -0.39 is 0 Å². The fraction of sp³-hybridized carbons (Fsp3) is 0. The molecule has 2 N–H and O–H groups in total. The van der Waals surface area contributed by atoms with Crippen LogP contribution in [0.2, 0.25) is 0 Å². The van der Waals surface area contributed by atoms with Gasteiger partial charge in [-0.3, -0.25) is 0 Å². The molecule has 3 rings (SSSR count). The van der Waals surface area contributed by atoms with Crippen molar-refractivity contribution in [3.8, 4) is 16.9 Å². The highest BCUT2D eigenvalue weighted by Crippen LogP contribution is 2.29. The van der Waals surface area contributed by atoms with E-state index >= 15 is 0 Å². The van der Waals surface area contributed by atoms with E-state index in [0.717, 1.165) is 25.0 Å². The molecule has 0 aliphatic heterocycles. The molecule has 3 nitrogen and oxygen atoms in total. The zero-order valence-corrected chi connectivity index (χ0v) is 14.2. The molecule has 2 aromatic carbocycles. The van der Waals surface area contributed by atoms with E-state index in [1.165, 1.54) is 0 Å². The minimum absolute atomic E-state index is 0.627. The molecule has 1 aromatic heterocycles. The Morgan fingerprint density at radius 3 is 2.55 bits per heavy atom. The molecule has 0 saturated heterocycles. The number of hydrogen-bond acceptors (Lipinski definition) is 2. The number of anilines is 1. The van der Waals surface area contributed by atoms with Gasteiger partial charge in [-0.25, -0.2) is 4.68 Å². The van der Waals surface area contributed by atoms with Crippen molar-refractivity contribution in [1.82, 2.24) is 9.78 Å². The van der Waals surface area contributed by atoms with Crippen LogP contribution in [0.1, 0.15) is 0 Å². The fourth-order valence-electron chi connectivity index (χ4n) is 2.00. The van der Waals surface area contributed by atoms with E-state index in [9.17, 15) is 0 Å². The molecule has 0 radical (unpaired) electrons. The maximum Gasteiger partial charge on any atom is 0.127 e. The summed E-state index contributed by atoms with van der Waals surface area (Å²) in [7, 11) is 0. The first-order valence-corrected chi connectivity index (χ1v) is 7.89. The van der Waals surface area contributed by atoms with Crippen LogP contribution >= 0.6 is 38.5 Å². The Labute approximate surface area is 139 Å². The Bertz CT molecular complexity index is 753. The zero-order chi connectivity index (χ0) is 14.1. The zero-order valence-electron chi connectivity index (χ0n) is 10.4. The second kappa shape index (κ2) is 5.57. The molecule has 100 valence electrons. The van der Waals surface area contributed by atoms with Gasteiger partial charge in [0.25, 0.3) is 0 Å². The predicted octanol–water partition coefficient (Wildman–Crippen LogP) is 4.49. The summed E-state index contributed by atoms with van der Waals surface area (Å²) in [5, 5.41) is 4.62. The molecule has 0 aliphatic carbocycles. The first kappa shape index (κ1) is 13.6. The van der Waals surface area contributed by atoms with Crippen LogP contribution in [-0.2, 0) is 0 Å².